The van der Waals surface area contributed by atoms with Gasteiger partial charge in [0.15, 0.2) is 5.69 Å². The summed E-state index contributed by atoms with van der Waals surface area (Å²) in [7, 11) is 1.75. The van der Waals surface area contributed by atoms with Gasteiger partial charge < -0.3 is 13.9 Å². The number of para-hydroxylation sites is 2. The summed E-state index contributed by atoms with van der Waals surface area (Å²) < 4.78 is 7.43. The fraction of sp³-hybridized carbons (Fsp3) is 0.222. The molecule has 0 saturated carbocycles. The summed E-state index contributed by atoms with van der Waals surface area (Å²) in [5.74, 6) is 0.304. The summed E-state index contributed by atoms with van der Waals surface area (Å²) in [4.78, 5) is 22.8. The molecule has 0 saturated heterocycles. The predicted molar refractivity (Wildman–Crippen MR) is 94.6 cm³/mol. The number of benzene rings is 1. The molecule has 0 bridgehead atoms. The Morgan fingerprint density at radius 2 is 2.23 bits per heavy atom. The van der Waals surface area contributed by atoms with E-state index in [2.05, 4.69) is 20.2 Å². The van der Waals surface area contributed by atoms with E-state index in [0.717, 1.165) is 23.0 Å². The van der Waals surface area contributed by atoms with Crippen LogP contribution >= 0.6 is 0 Å². The average molecular weight is 350 g/mol. The number of hydrogen-bond donors (Lipinski definition) is 1. The molecule has 0 unspecified atom stereocenters. The number of nitrogens with zero attached hydrogens (tertiary/aromatic N) is 5. The summed E-state index contributed by atoms with van der Waals surface area (Å²) in [6.07, 6.45) is 7.45. The third-order valence-corrected chi connectivity index (χ3v) is 4.24. The number of aromatic amines is 1. The Balaban J connectivity index is 1.42. The molecule has 0 radical (unpaired) electrons. The van der Waals surface area contributed by atoms with Crippen molar-refractivity contribution in [2.45, 2.75) is 13.0 Å². The molecule has 1 aromatic carbocycles. The zero-order chi connectivity index (χ0) is 17.9. The molecule has 0 aliphatic rings. The zero-order valence-corrected chi connectivity index (χ0v) is 14.3. The minimum absolute atomic E-state index is 0.168. The van der Waals surface area contributed by atoms with Crippen molar-refractivity contribution in [2.24, 2.45) is 0 Å². The number of amides is 1. The van der Waals surface area contributed by atoms with Crippen LogP contribution < -0.4 is 0 Å². The third kappa shape index (κ3) is 3.21. The highest BCUT2D eigenvalue weighted by molar-refractivity contribution is 5.91. The van der Waals surface area contributed by atoms with Gasteiger partial charge in [-0.1, -0.05) is 12.1 Å². The lowest BCUT2D eigenvalue weighted by Gasteiger charge is -2.14. The number of H-pyrrole nitrogens is 1. The number of rotatable bonds is 6. The monoisotopic (exact) mass is 350 g/mol. The second-order valence-electron chi connectivity index (χ2n) is 6.07. The summed E-state index contributed by atoms with van der Waals surface area (Å²) in [6.45, 7) is 0.999. The van der Waals surface area contributed by atoms with Crippen molar-refractivity contribution < 1.29 is 9.21 Å². The highest BCUT2D eigenvalue weighted by atomic mass is 16.3. The lowest BCUT2D eigenvalue weighted by Crippen LogP contribution is -2.29. The first kappa shape index (κ1) is 16.1. The van der Waals surface area contributed by atoms with Crippen molar-refractivity contribution in [3.63, 3.8) is 0 Å². The minimum atomic E-state index is -0.168. The molecule has 3 aromatic heterocycles. The van der Waals surface area contributed by atoms with Crippen LogP contribution in [0.15, 0.2) is 53.7 Å². The van der Waals surface area contributed by atoms with Gasteiger partial charge in [0.2, 0.25) is 5.89 Å². The van der Waals surface area contributed by atoms with Crippen LogP contribution in [0.2, 0.25) is 0 Å². The number of likely N-dealkylation sites (N-methyl/N-ethyl adjacent to an activating group) is 1. The van der Waals surface area contributed by atoms with E-state index in [1.807, 2.05) is 35.0 Å². The fourth-order valence-corrected chi connectivity index (χ4v) is 2.77. The topological polar surface area (TPSA) is 92.8 Å². The predicted octanol–water partition coefficient (Wildman–Crippen LogP) is 2.11. The van der Waals surface area contributed by atoms with Crippen LogP contribution in [0.25, 0.3) is 11.0 Å². The molecule has 0 fully saturated rings. The molecule has 0 atom stereocenters. The Bertz CT molecular complexity index is 1020. The van der Waals surface area contributed by atoms with E-state index in [4.69, 9.17) is 4.42 Å². The second-order valence-corrected chi connectivity index (χ2v) is 6.07. The minimum Gasteiger partial charge on any atom is -0.446 e. The van der Waals surface area contributed by atoms with Gasteiger partial charge in [0, 0.05) is 19.8 Å². The van der Waals surface area contributed by atoms with Crippen LogP contribution in [0.5, 0.6) is 0 Å². The largest absolute Gasteiger partial charge is 0.446 e. The fourth-order valence-electron chi connectivity index (χ4n) is 2.77. The van der Waals surface area contributed by atoms with Gasteiger partial charge in [-0.05, 0) is 24.1 Å². The number of nitrogens with one attached hydrogen (secondary N) is 1. The molecular weight excluding hydrogens is 332 g/mol. The van der Waals surface area contributed by atoms with E-state index in [0.29, 0.717) is 24.7 Å². The maximum Gasteiger partial charge on any atom is 0.275 e. The van der Waals surface area contributed by atoms with Crippen LogP contribution in [0, 0.1) is 0 Å². The molecule has 1 amide bonds. The quantitative estimate of drug-likeness (QED) is 0.575. The van der Waals surface area contributed by atoms with Crippen LogP contribution in [-0.2, 0) is 13.0 Å². The molecule has 1 N–H and O–H groups in total. The molecule has 0 spiro atoms. The van der Waals surface area contributed by atoms with Gasteiger partial charge in [-0.2, -0.15) is 5.10 Å². The van der Waals surface area contributed by atoms with Crippen molar-refractivity contribution in [1.82, 2.24) is 29.6 Å². The Morgan fingerprint density at radius 3 is 3.08 bits per heavy atom. The number of hydrogen-bond acceptors (Lipinski definition) is 5. The molecule has 26 heavy (non-hydrogen) atoms. The van der Waals surface area contributed by atoms with Gasteiger partial charge in [0.1, 0.15) is 12.8 Å². The standard InChI is InChI=1S/C18H18N6O2/c1-23(7-6-13-8-20-21-9-13)18(25)15-11-26-17(22-15)10-24-12-19-14-4-2-3-5-16(14)24/h2-5,8-9,11-12H,6-7,10H2,1H3,(H,20,21). The number of carbonyl (C=O) groups excluding carboxylic acids is 1. The molecule has 8 heteroatoms. The van der Waals surface area contributed by atoms with Gasteiger partial charge in [0.25, 0.3) is 5.91 Å². The second kappa shape index (κ2) is 6.83. The summed E-state index contributed by atoms with van der Waals surface area (Å²) >= 11 is 0. The first-order valence-electron chi connectivity index (χ1n) is 8.28. The highest BCUT2D eigenvalue weighted by Gasteiger charge is 2.17. The number of carbonyl (C=O) groups is 1. The van der Waals surface area contributed by atoms with Gasteiger partial charge in [-0.15, -0.1) is 0 Å². The first-order chi connectivity index (χ1) is 12.7. The van der Waals surface area contributed by atoms with Gasteiger partial charge in [-0.25, -0.2) is 9.97 Å². The Labute approximate surface area is 149 Å². The van der Waals surface area contributed by atoms with Crippen LogP contribution in [0.4, 0.5) is 0 Å². The van der Waals surface area contributed by atoms with Crippen molar-refractivity contribution >= 4 is 16.9 Å². The number of aromatic nitrogens is 5. The third-order valence-electron chi connectivity index (χ3n) is 4.24. The lowest BCUT2D eigenvalue weighted by atomic mass is 10.2. The average Bonchev–Trinajstić information content (AvgIpc) is 3.41. The Morgan fingerprint density at radius 1 is 1.35 bits per heavy atom. The molecule has 8 nitrogen and oxygen atoms in total. The molecule has 132 valence electrons. The maximum atomic E-state index is 12.5. The molecule has 0 aliphatic heterocycles. The Hall–Kier alpha value is -3.42. The number of imidazole rings is 1. The van der Waals surface area contributed by atoms with Gasteiger partial charge in [-0.3, -0.25) is 9.89 Å². The van der Waals surface area contributed by atoms with Gasteiger partial charge >= 0.3 is 0 Å². The highest BCUT2D eigenvalue weighted by Crippen LogP contribution is 2.14. The van der Waals surface area contributed by atoms with Crippen LogP contribution in [0.1, 0.15) is 21.9 Å². The summed E-state index contributed by atoms with van der Waals surface area (Å²) in [5, 5.41) is 6.66. The lowest BCUT2D eigenvalue weighted by molar-refractivity contribution is 0.0791. The van der Waals surface area contributed by atoms with E-state index in [1.54, 1.807) is 24.5 Å². The molecule has 0 aliphatic carbocycles. The van der Waals surface area contributed by atoms with E-state index < -0.39 is 0 Å². The van der Waals surface area contributed by atoms with E-state index >= 15 is 0 Å². The maximum absolute atomic E-state index is 12.5. The number of fused-ring (bicyclic) bond motifs is 1. The van der Waals surface area contributed by atoms with Crippen molar-refractivity contribution in [1.29, 1.82) is 0 Å². The van der Waals surface area contributed by atoms with Crippen molar-refractivity contribution in [3.05, 3.63) is 66.4 Å². The number of oxazole rings is 1. The van der Waals surface area contributed by atoms with E-state index in [9.17, 15) is 4.79 Å². The van der Waals surface area contributed by atoms with Crippen molar-refractivity contribution in [2.75, 3.05) is 13.6 Å². The van der Waals surface area contributed by atoms with Crippen LogP contribution in [-0.4, -0.2) is 49.1 Å². The van der Waals surface area contributed by atoms with E-state index in [1.165, 1.54) is 6.26 Å². The summed E-state index contributed by atoms with van der Waals surface area (Å²) in [6, 6.07) is 7.84. The molecule has 3 heterocycles. The SMILES string of the molecule is CN(CCc1cn[nH]c1)C(=O)c1coc(Cn2cnc3ccccc32)n1. The van der Waals surface area contributed by atoms with Crippen molar-refractivity contribution in [3.8, 4) is 0 Å². The van der Waals surface area contributed by atoms with E-state index in [-0.39, 0.29) is 5.91 Å². The van der Waals surface area contributed by atoms with Crippen LogP contribution in [0.3, 0.4) is 0 Å². The first-order valence-corrected chi connectivity index (χ1v) is 8.28. The molecular formula is C18H18N6O2. The molecule has 4 aromatic rings. The molecule has 4 rings (SSSR count). The normalized spacial score (nSPS) is 11.1. The Kier molecular flexibility index (Phi) is 4.22. The smallest absolute Gasteiger partial charge is 0.275 e. The van der Waals surface area contributed by atoms with Gasteiger partial charge in [0.05, 0.1) is 23.6 Å². The zero-order valence-electron chi connectivity index (χ0n) is 14.3. The summed E-state index contributed by atoms with van der Waals surface area (Å²) in [5.41, 5.74) is 3.27.